The minimum absolute atomic E-state index is 0.00559. The van der Waals surface area contributed by atoms with E-state index in [9.17, 15) is 13.6 Å². The maximum absolute atomic E-state index is 13.8. The van der Waals surface area contributed by atoms with Crippen LogP contribution >= 0.6 is 0 Å². The predicted molar refractivity (Wildman–Crippen MR) is 118 cm³/mol. The number of nitrogens with one attached hydrogen (secondary N) is 1. The first-order valence-corrected chi connectivity index (χ1v) is 9.46. The third kappa shape index (κ3) is 3.67. The fraction of sp³-hybridized carbons (Fsp3) is 0.0909. The van der Waals surface area contributed by atoms with Crippen LogP contribution in [0.3, 0.4) is 0 Å². The van der Waals surface area contributed by atoms with E-state index in [4.69, 9.17) is 18.0 Å². The van der Waals surface area contributed by atoms with Crippen molar-refractivity contribution >= 4 is 28.8 Å². The van der Waals surface area contributed by atoms with Gasteiger partial charge in [0.25, 0.3) is 11.2 Å². The van der Waals surface area contributed by atoms with Gasteiger partial charge in [0.15, 0.2) is 0 Å². The zero-order chi connectivity index (χ0) is 23.0. The highest BCUT2D eigenvalue weighted by atomic mass is 19.1. The molecule has 0 amide bonds. The second-order valence-electron chi connectivity index (χ2n) is 7.07. The molecule has 5 N–H and O–H groups in total. The smallest absolute Gasteiger partial charge is 0.268 e. The van der Waals surface area contributed by atoms with E-state index >= 15 is 0 Å². The molecule has 0 unspecified atom stereocenters. The summed E-state index contributed by atoms with van der Waals surface area (Å²) in [6.07, 6.45) is 1.09. The minimum Gasteiger partial charge on any atom is -0.392 e. The van der Waals surface area contributed by atoms with E-state index in [1.165, 1.54) is 40.8 Å². The van der Waals surface area contributed by atoms with Crippen molar-refractivity contribution in [3.8, 4) is 11.1 Å². The van der Waals surface area contributed by atoms with Gasteiger partial charge >= 0.3 is 0 Å². The van der Waals surface area contributed by atoms with Crippen LogP contribution in [0.1, 0.15) is 18.5 Å². The highest BCUT2D eigenvalue weighted by Gasteiger charge is 2.21. The summed E-state index contributed by atoms with van der Waals surface area (Å²) in [6.45, 7) is 9.12. The van der Waals surface area contributed by atoms with Crippen LogP contribution in [0.15, 0.2) is 53.5 Å². The lowest BCUT2D eigenvalue weighted by Gasteiger charge is -2.21. The molecule has 4 rings (SSSR count). The summed E-state index contributed by atoms with van der Waals surface area (Å²) in [6, 6.07) is 9.29. The summed E-state index contributed by atoms with van der Waals surface area (Å²) >= 11 is 0. The molecule has 8 nitrogen and oxygen atoms in total. The summed E-state index contributed by atoms with van der Waals surface area (Å²) in [5, 5.41) is 3.06. The van der Waals surface area contributed by atoms with E-state index in [1.807, 2.05) is 0 Å². The molecule has 0 saturated carbocycles. The number of nitrogens with zero attached hydrogens (tertiary/aromatic N) is 4. The number of fused-ring (bicyclic) bond motifs is 1. The van der Waals surface area contributed by atoms with E-state index in [2.05, 4.69) is 20.1 Å². The molecule has 0 saturated heterocycles. The average Bonchev–Trinajstić information content (AvgIpc) is 2.74. The molecule has 3 aromatic heterocycles. The number of anilines is 3. The lowest BCUT2D eigenvalue weighted by molar-refractivity contribution is 0.618. The van der Waals surface area contributed by atoms with Crippen molar-refractivity contribution in [3.05, 3.63) is 87.6 Å². The standard InChI is InChI=1S/C22H17F2N7O/c1-11(28-20-18(27-2)19(25)29-22(26)30-20)16-9-15-8-7-14(24)10-31(15)21(32)17(16)12-3-5-13(23)6-4-12/h3-11H,1H3,(H5,25,26,28,29,30)/t11-/m0/s1. The Balaban J connectivity index is 1.93. The van der Waals surface area contributed by atoms with Crippen molar-refractivity contribution in [2.45, 2.75) is 13.0 Å². The van der Waals surface area contributed by atoms with E-state index < -0.39 is 23.2 Å². The summed E-state index contributed by atoms with van der Waals surface area (Å²) in [5.41, 5.74) is 12.7. The molecule has 0 bridgehead atoms. The Bertz CT molecular complexity index is 1440. The van der Waals surface area contributed by atoms with E-state index in [-0.39, 0.29) is 28.8 Å². The zero-order valence-electron chi connectivity index (χ0n) is 16.8. The number of benzene rings is 1. The van der Waals surface area contributed by atoms with Crippen LogP contribution in [0, 0.1) is 18.2 Å². The first kappa shape index (κ1) is 20.7. The van der Waals surface area contributed by atoms with E-state index in [1.54, 1.807) is 13.0 Å². The first-order chi connectivity index (χ1) is 15.3. The maximum Gasteiger partial charge on any atom is 0.268 e. The lowest BCUT2D eigenvalue weighted by Crippen LogP contribution is -2.21. The minimum atomic E-state index is -0.572. The van der Waals surface area contributed by atoms with Gasteiger partial charge in [0.1, 0.15) is 23.3 Å². The van der Waals surface area contributed by atoms with Gasteiger partial charge in [-0.25, -0.2) is 23.6 Å². The van der Waals surface area contributed by atoms with Gasteiger partial charge in [0, 0.05) is 17.8 Å². The number of halogens is 2. The molecular formula is C22H17F2N7O. The second-order valence-corrected chi connectivity index (χ2v) is 7.07. The zero-order valence-corrected chi connectivity index (χ0v) is 16.8. The van der Waals surface area contributed by atoms with Gasteiger partial charge in [-0.15, -0.1) is 0 Å². The van der Waals surface area contributed by atoms with Crippen molar-refractivity contribution in [3.63, 3.8) is 0 Å². The monoisotopic (exact) mass is 433 g/mol. The van der Waals surface area contributed by atoms with Gasteiger partial charge in [0.2, 0.25) is 5.95 Å². The molecule has 160 valence electrons. The molecule has 1 atom stereocenters. The van der Waals surface area contributed by atoms with Gasteiger partial charge in [-0.2, -0.15) is 0 Å². The fourth-order valence-corrected chi connectivity index (χ4v) is 3.49. The topological polar surface area (TPSA) is 116 Å². The quantitative estimate of drug-likeness (QED) is 0.420. The van der Waals surface area contributed by atoms with Gasteiger partial charge in [-0.3, -0.25) is 9.20 Å². The van der Waals surface area contributed by atoms with E-state index in [0.717, 1.165) is 6.20 Å². The third-order valence-corrected chi connectivity index (χ3v) is 4.96. The van der Waals surface area contributed by atoms with Crippen LogP contribution in [0.4, 0.5) is 32.1 Å². The molecule has 1 aromatic carbocycles. The van der Waals surface area contributed by atoms with Gasteiger partial charge in [0.05, 0.1) is 12.1 Å². The van der Waals surface area contributed by atoms with Crippen molar-refractivity contribution in [2.24, 2.45) is 0 Å². The lowest BCUT2D eigenvalue weighted by atomic mass is 9.96. The van der Waals surface area contributed by atoms with Crippen LogP contribution in [0.5, 0.6) is 0 Å². The number of pyridine rings is 2. The van der Waals surface area contributed by atoms with Crippen molar-refractivity contribution in [2.75, 3.05) is 16.8 Å². The molecule has 0 fully saturated rings. The number of hydrogen-bond donors (Lipinski definition) is 3. The average molecular weight is 433 g/mol. The Labute approximate surface area is 181 Å². The van der Waals surface area contributed by atoms with Crippen LogP contribution in [0.2, 0.25) is 0 Å². The molecule has 3 heterocycles. The number of rotatable bonds is 4. The Morgan fingerprint density at radius 3 is 2.47 bits per heavy atom. The Morgan fingerprint density at radius 2 is 1.78 bits per heavy atom. The van der Waals surface area contributed by atoms with E-state index in [0.29, 0.717) is 16.6 Å². The Kier molecular flexibility index (Phi) is 5.16. The first-order valence-electron chi connectivity index (χ1n) is 9.46. The SMILES string of the molecule is [C-]#[N+]c1c(N)nc(N)nc1N[C@@H](C)c1cc2ccc(F)cn2c(=O)c1-c1ccc(F)cc1. The highest BCUT2D eigenvalue weighted by Crippen LogP contribution is 2.34. The molecule has 4 aromatic rings. The van der Waals surface area contributed by atoms with Crippen molar-refractivity contribution in [1.29, 1.82) is 0 Å². The van der Waals surface area contributed by atoms with Gasteiger partial charge < -0.3 is 16.8 Å². The summed E-state index contributed by atoms with van der Waals surface area (Å²) < 4.78 is 28.5. The normalized spacial score (nSPS) is 11.8. The predicted octanol–water partition coefficient (Wildman–Crippen LogP) is 3.92. The van der Waals surface area contributed by atoms with Crippen LogP contribution in [0.25, 0.3) is 21.5 Å². The second kappa shape index (κ2) is 7.96. The number of hydrogen-bond acceptors (Lipinski definition) is 6. The van der Waals surface area contributed by atoms with Crippen LogP contribution in [-0.2, 0) is 0 Å². The van der Waals surface area contributed by atoms with Gasteiger partial charge in [-0.05, 0) is 48.4 Å². The van der Waals surface area contributed by atoms with Crippen molar-refractivity contribution in [1.82, 2.24) is 14.4 Å². The van der Waals surface area contributed by atoms with Crippen LogP contribution in [-0.4, -0.2) is 14.4 Å². The summed E-state index contributed by atoms with van der Waals surface area (Å²) in [7, 11) is 0. The highest BCUT2D eigenvalue weighted by molar-refractivity contribution is 5.78. The maximum atomic E-state index is 13.8. The molecule has 0 aliphatic carbocycles. The Hall–Kier alpha value is -4.52. The fourth-order valence-electron chi connectivity index (χ4n) is 3.49. The number of nitrogen functional groups attached to an aromatic ring is 2. The molecular weight excluding hydrogens is 416 g/mol. The third-order valence-electron chi connectivity index (χ3n) is 4.96. The van der Waals surface area contributed by atoms with Crippen molar-refractivity contribution < 1.29 is 8.78 Å². The molecule has 10 heteroatoms. The molecule has 0 aliphatic rings. The van der Waals surface area contributed by atoms with Gasteiger partial charge in [-0.1, -0.05) is 12.1 Å². The van der Waals surface area contributed by atoms with Crippen LogP contribution < -0.4 is 22.3 Å². The summed E-state index contributed by atoms with van der Waals surface area (Å²) in [4.78, 5) is 24.5. The summed E-state index contributed by atoms with van der Waals surface area (Å²) in [5.74, 6) is -1.10. The molecule has 32 heavy (non-hydrogen) atoms. The molecule has 0 aliphatic heterocycles. The number of aromatic nitrogens is 3. The molecule has 0 spiro atoms. The number of nitrogens with two attached hydrogens (primary N) is 2. The molecule has 0 radical (unpaired) electrons. The Morgan fingerprint density at radius 1 is 1.09 bits per heavy atom. The largest absolute Gasteiger partial charge is 0.392 e.